The fraction of sp³-hybridized carbons (Fsp3) is 0.556. The Hall–Kier alpha value is -2.31. The van der Waals surface area contributed by atoms with E-state index in [1.165, 1.54) is 31.2 Å². The second-order valence-electron chi connectivity index (χ2n) is 7.23. The van der Waals surface area contributed by atoms with Gasteiger partial charge in [0.15, 0.2) is 17.3 Å². The van der Waals surface area contributed by atoms with Crippen LogP contribution >= 0.6 is 0 Å². The zero-order valence-corrected chi connectivity index (χ0v) is 14.2. The number of aromatic nitrogens is 3. The van der Waals surface area contributed by atoms with Crippen molar-refractivity contribution in [1.29, 1.82) is 0 Å². The molecular formula is C18H21FN4O2. The number of amides is 1. The van der Waals surface area contributed by atoms with Crippen molar-refractivity contribution in [2.75, 3.05) is 13.1 Å². The van der Waals surface area contributed by atoms with E-state index in [0.29, 0.717) is 30.7 Å². The summed E-state index contributed by atoms with van der Waals surface area (Å²) in [6.45, 7) is 2.85. The summed E-state index contributed by atoms with van der Waals surface area (Å²) < 4.78 is 19.2. The van der Waals surface area contributed by atoms with Gasteiger partial charge < -0.3 is 9.42 Å². The maximum Gasteiger partial charge on any atom is 0.275 e. The van der Waals surface area contributed by atoms with Gasteiger partial charge in [-0.2, -0.15) is 4.98 Å². The first kappa shape index (κ1) is 16.2. The Balaban J connectivity index is 1.63. The smallest absolute Gasteiger partial charge is 0.275 e. The largest absolute Gasteiger partial charge is 0.340 e. The van der Waals surface area contributed by atoms with E-state index in [0.717, 1.165) is 19.3 Å². The van der Waals surface area contributed by atoms with Crippen LogP contribution in [-0.2, 0) is 5.41 Å². The summed E-state index contributed by atoms with van der Waals surface area (Å²) in [5.41, 5.74) is -0.424. The van der Waals surface area contributed by atoms with E-state index in [-0.39, 0.29) is 17.0 Å². The number of likely N-dealkylation sites (tertiary alicyclic amines) is 1. The molecule has 0 spiro atoms. The number of nitrogens with zero attached hydrogens (tertiary/aromatic N) is 4. The molecule has 25 heavy (non-hydrogen) atoms. The fourth-order valence-electron chi connectivity index (χ4n) is 3.83. The number of hydrogen-bond donors (Lipinski definition) is 0. The van der Waals surface area contributed by atoms with E-state index >= 15 is 0 Å². The van der Waals surface area contributed by atoms with Gasteiger partial charge in [0.05, 0.1) is 5.41 Å². The fourth-order valence-corrected chi connectivity index (χ4v) is 3.83. The number of rotatable bonds is 4. The normalized spacial score (nSPS) is 23.7. The zero-order chi connectivity index (χ0) is 17.4. The van der Waals surface area contributed by atoms with Gasteiger partial charge in [0.1, 0.15) is 0 Å². The van der Waals surface area contributed by atoms with Crippen molar-refractivity contribution in [3.63, 3.8) is 0 Å². The average molecular weight is 344 g/mol. The van der Waals surface area contributed by atoms with E-state index < -0.39 is 5.82 Å². The van der Waals surface area contributed by atoms with E-state index in [9.17, 15) is 9.18 Å². The van der Waals surface area contributed by atoms with Crippen LogP contribution in [0.2, 0.25) is 0 Å². The maximum atomic E-state index is 14.0. The Kier molecular flexibility index (Phi) is 4.01. The number of carbonyl (C=O) groups is 1. The van der Waals surface area contributed by atoms with Gasteiger partial charge >= 0.3 is 0 Å². The van der Waals surface area contributed by atoms with Gasteiger partial charge in [-0.3, -0.25) is 4.79 Å². The molecule has 2 aromatic rings. The molecule has 1 saturated carbocycles. The van der Waals surface area contributed by atoms with Crippen LogP contribution in [-0.4, -0.2) is 39.0 Å². The predicted octanol–water partition coefficient (Wildman–Crippen LogP) is 2.89. The highest BCUT2D eigenvalue weighted by atomic mass is 19.1. The lowest BCUT2D eigenvalue weighted by molar-refractivity contribution is 0.0596. The number of halogens is 1. The summed E-state index contributed by atoms with van der Waals surface area (Å²) in [6, 6.07) is 2.76. The lowest BCUT2D eigenvalue weighted by Gasteiger charge is -2.41. The third kappa shape index (κ3) is 3.15. The second-order valence-corrected chi connectivity index (χ2v) is 7.23. The minimum absolute atomic E-state index is 0.117. The van der Waals surface area contributed by atoms with Gasteiger partial charge in [0.25, 0.3) is 5.91 Å². The highest BCUT2D eigenvalue weighted by Gasteiger charge is 2.46. The maximum absolute atomic E-state index is 14.0. The van der Waals surface area contributed by atoms with Gasteiger partial charge in [-0.25, -0.2) is 9.37 Å². The minimum Gasteiger partial charge on any atom is -0.340 e. The number of pyridine rings is 1. The summed E-state index contributed by atoms with van der Waals surface area (Å²) in [7, 11) is 0. The molecule has 1 aliphatic heterocycles. The van der Waals surface area contributed by atoms with Crippen LogP contribution in [0.15, 0.2) is 22.9 Å². The summed E-state index contributed by atoms with van der Waals surface area (Å²) in [4.78, 5) is 22.9. The summed E-state index contributed by atoms with van der Waals surface area (Å²) in [5.74, 6) is 0.917. The van der Waals surface area contributed by atoms with E-state index in [1.54, 1.807) is 11.8 Å². The Labute approximate surface area is 145 Å². The molecule has 2 fully saturated rings. The molecule has 7 heteroatoms. The lowest BCUT2D eigenvalue weighted by Crippen LogP contribution is -2.49. The molecule has 1 unspecified atom stereocenters. The molecule has 0 bridgehead atoms. The van der Waals surface area contributed by atoms with Gasteiger partial charge in [0, 0.05) is 26.2 Å². The van der Waals surface area contributed by atoms with Gasteiger partial charge in [-0.05, 0) is 37.3 Å². The Morgan fingerprint density at radius 2 is 2.32 bits per heavy atom. The van der Waals surface area contributed by atoms with Crippen molar-refractivity contribution in [3.8, 4) is 0 Å². The molecule has 4 rings (SSSR count). The van der Waals surface area contributed by atoms with E-state index in [1.807, 2.05) is 0 Å². The van der Waals surface area contributed by atoms with Crippen molar-refractivity contribution < 1.29 is 13.7 Å². The van der Waals surface area contributed by atoms with Crippen LogP contribution in [0.5, 0.6) is 0 Å². The molecule has 132 valence electrons. The van der Waals surface area contributed by atoms with Crippen molar-refractivity contribution >= 4 is 5.91 Å². The van der Waals surface area contributed by atoms with Crippen molar-refractivity contribution in [3.05, 3.63) is 41.6 Å². The van der Waals surface area contributed by atoms with Crippen LogP contribution in [0, 0.1) is 18.7 Å². The quantitative estimate of drug-likeness (QED) is 0.853. The molecule has 0 radical (unpaired) electrons. The topological polar surface area (TPSA) is 72.1 Å². The summed E-state index contributed by atoms with van der Waals surface area (Å²) in [5, 5.41) is 4.16. The Morgan fingerprint density at radius 3 is 3.00 bits per heavy atom. The third-order valence-electron chi connectivity index (χ3n) is 5.20. The molecule has 1 saturated heterocycles. The molecule has 1 aliphatic carbocycles. The molecule has 2 aliphatic rings. The van der Waals surface area contributed by atoms with Crippen molar-refractivity contribution in [1.82, 2.24) is 20.0 Å². The third-order valence-corrected chi connectivity index (χ3v) is 5.20. The molecule has 1 amide bonds. The first-order chi connectivity index (χ1) is 12.1. The lowest BCUT2D eigenvalue weighted by atomic mass is 9.74. The van der Waals surface area contributed by atoms with Gasteiger partial charge in [0.2, 0.25) is 5.89 Å². The first-order valence-corrected chi connectivity index (χ1v) is 8.78. The van der Waals surface area contributed by atoms with Crippen molar-refractivity contribution in [2.24, 2.45) is 5.92 Å². The summed E-state index contributed by atoms with van der Waals surface area (Å²) >= 11 is 0. The summed E-state index contributed by atoms with van der Waals surface area (Å²) in [6.07, 6.45) is 6.56. The van der Waals surface area contributed by atoms with Crippen molar-refractivity contribution in [2.45, 2.75) is 44.4 Å². The number of hydrogen-bond acceptors (Lipinski definition) is 5. The first-order valence-electron chi connectivity index (χ1n) is 8.78. The second kappa shape index (κ2) is 6.20. The molecule has 3 heterocycles. The monoisotopic (exact) mass is 344 g/mol. The molecule has 1 atom stereocenters. The molecule has 2 aromatic heterocycles. The molecular weight excluding hydrogens is 323 g/mol. The van der Waals surface area contributed by atoms with Crippen LogP contribution in [0.4, 0.5) is 4.39 Å². The van der Waals surface area contributed by atoms with Crippen LogP contribution in [0.3, 0.4) is 0 Å². The standard InChI is InChI=1S/C18H21FN4O2/c1-12-21-17(22-25-12)18(10-13-5-6-13)7-3-9-23(11-18)16(24)15-14(19)4-2-8-20-15/h2,4,8,13H,3,5-7,9-11H2,1H3. The highest BCUT2D eigenvalue weighted by molar-refractivity contribution is 5.92. The average Bonchev–Trinajstić information content (AvgIpc) is 3.31. The van der Waals surface area contributed by atoms with Crippen LogP contribution < -0.4 is 0 Å². The van der Waals surface area contributed by atoms with Crippen LogP contribution in [0.25, 0.3) is 0 Å². The van der Waals surface area contributed by atoms with E-state index in [4.69, 9.17) is 4.52 Å². The molecule has 0 N–H and O–H groups in total. The minimum atomic E-state index is -0.582. The van der Waals surface area contributed by atoms with E-state index in [2.05, 4.69) is 15.1 Å². The molecule has 6 nitrogen and oxygen atoms in total. The van der Waals surface area contributed by atoms with Gasteiger partial charge in [-0.15, -0.1) is 0 Å². The van der Waals surface area contributed by atoms with Gasteiger partial charge in [-0.1, -0.05) is 18.0 Å². The Morgan fingerprint density at radius 1 is 1.48 bits per heavy atom. The predicted molar refractivity (Wildman–Crippen MR) is 87.4 cm³/mol. The van der Waals surface area contributed by atoms with Crippen LogP contribution in [0.1, 0.15) is 54.3 Å². The number of carbonyl (C=O) groups excluding carboxylic acids is 1. The highest BCUT2D eigenvalue weighted by Crippen LogP contribution is 2.45. The Bertz CT molecular complexity index is 789. The SMILES string of the molecule is Cc1nc(C2(CC3CC3)CCCN(C(=O)c3ncccc3F)C2)no1. The zero-order valence-electron chi connectivity index (χ0n) is 14.2. The molecule has 0 aromatic carbocycles. The number of aryl methyl sites for hydroxylation is 1. The number of piperidine rings is 1.